The van der Waals surface area contributed by atoms with Gasteiger partial charge in [0.1, 0.15) is 0 Å². The summed E-state index contributed by atoms with van der Waals surface area (Å²) >= 11 is 0. The second kappa shape index (κ2) is 7.76. The normalized spacial score (nSPS) is 24.7. The predicted octanol–water partition coefficient (Wildman–Crippen LogP) is 4.20. The van der Waals surface area contributed by atoms with Gasteiger partial charge in [-0.15, -0.1) is 0 Å². The van der Waals surface area contributed by atoms with Crippen LogP contribution in [0.4, 0.5) is 0 Å². The molecule has 2 aromatic carbocycles. The molecule has 0 heterocycles. The van der Waals surface area contributed by atoms with Crippen molar-refractivity contribution in [1.82, 2.24) is 4.90 Å². The summed E-state index contributed by atoms with van der Waals surface area (Å²) in [5.41, 5.74) is 9.05. The van der Waals surface area contributed by atoms with Crippen molar-refractivity contribution in [2.24, 2.45) is 11.7 Å². The number of nitrogens with two attached hydrogens (primary N) is 1. The Hall–Kier alpha value is -1.64. The quantitative estimate of drug-likeness (QED) is 0.896. The van der Waals surface area contributed by atoms with Gasteiger partial charge in [-0.2, -0.15) is 0 Å². The molecular formula is C21H28N2. The van der Waals surface area contributed by atoms with E-state index in [2.05, 4.69) is 72.5 Å². The molecule has 3 atom stereocenters. The van der Waals surface area contributed by atoms with Gasteiger partial charge in [-0.3, -0.25) is 4.90 Å². The van der Waals surface area contributed by atoms with E-state index >= 15 is 0 Å². The lowest BCUT2D eigenvalue weighted by atomic mass is 9.82. The van der Waals surface area contributed by atoms with E-state index in [9.17, 15) is 0 Å². The van der Waals surface area contributed by atoms with Crippen LogP contribution in [-0.2, 0) is 13.1 Å². The van der Waals surface area contributed by atoms with Crippen LogP contribution in [0.3, 0.4) is 0 Å². The van der Waals surface area contributed by atoms with Gasteiger partial charge in [0, 0.05) is 25.2 Å². The molecule has 1 aliphatic carbocycles. The van der Waals surface area contributed by atoms with Crippen LogP contribution >= 0.6 is 0 Å². The largest absolute Gasteiger partial charge is 0.328 e. The highest BCUT2D eigenvalue weighted by molar-refractivity contribution is 5.17. The summed E-state index contributed by atoms with van der Waals surface area (Å²) in [6, 6.07) is 22.5. The van der Waals surface area contributed by atoms with E-state index in [1.165, 1.54) is 24.0 Å². The van der Waals surface area contributed by atoms with Gasteiger partial charge in [-0.1, -0.05) is 67.6 Å². The molecule has 0 saturated heterocycles. The molecule has 122 valence electrons. The Morgan fingerprint density at radius 3 is 1.91 bits per heavy atom. The van der Waals surface area contributed by atoms with Crippen molar-refractivity contribution in [3.8, 4) is 0 Å². The highest BCUT2D eigenvalue weighted by Gasteiger charge is 2.30. The van der Waals surface area contributed by atoms with Crippen LogP contribution in [0.2, 0.25) is 0 Å². The summed E-state index contributed by atoms with van der Waals surface area (Å²) in [5, 5.41) is 0. The second-order valence-electron chi connectivity index (χ2n) is 6.99. The van der Waals surface area contributed by atoms with Gasteiger partial charge in [0.25, 0.3) is 0 Å². The fraction of sp³-hybridized carbons (Fsp3) is 0.429. The van der Waals surface area contributed by atoms with Gasteiger partial charge in [-0.05, 0) is 36.3 Å². The van der Waals surface area contributed by atoms with Crippen molar-refractivity contribution in [2.45, 2.75) is 51.4 Å². The molecule has 2 heteroatoms. The Morgan fingerprint density at radius 2 is 1.39 bits per heavy atom. The molecule has 0 spiro atoms. The topological polar surface area (TPSA) is 29.3 Å². The zero-order valence-electron chi connectivity index (χ0n) is 14.1. The lowest BCUT2D eigenvalue weighted by Gasteiger charge is -2.41. The molecule has 3 unspecified atom stereocenters. The Kier molecular flexibility index (Phi) is 5.47. The monoisotopic (exact) mass is 308 g/mol. The van der Waals surface area contributed by atoms with Gasteiger partial charge in [-0.25, -0.2) is 0 Å². The van der Waals surface area contributed by atoms with E-state index in [-0.39, 0.29) is 0 Å². The molecule has 23 heavy (non-hydrogen) atoms. The van der Waals surface area contributed by atoms with E-state index < -0.39 is 0 Å². The van der Waals surface area contributed by atoms with Crippen molar-refractivity contribution >= 4 is 0 Å². The lowest BCUT2D eigenvalue weighted by molar-refractivity contribution is 0.0893. The van der Waals surface area contributed by atoms with E-state index in [1.54, 1.807) is 0 Å². The van der Waals surface area contributed by atoms with Crippen LogP contribution in [0.1, 0.15) is 37.3 Å². The van der Waals surface area contributed by atoms with Gasteiger partial charge in [0.05, 0.1) is 0 Å². The minimum absolute atomic E-state index is 0.352. The lowest BCUT2D eigenvalue weighted by Crippen LogP contribution is -2.46. The van der Waals surface area contributed by atoms with Crippen LogP contribution in [-0.4, -0.2) is 17.0 Å². The molecular weight excluding hydrogens is 280 g/mol. The Bertz CT molecular complexity index is 540. The Labute approximate surface area is 140 Å². The maximum atomic E-state index is 6.29. The van der Waals surface area contributed by atoms with Crippen LogP contribution in [0.5, 0.6) is 0 Å². The number of nitrogens with zero attached hydrogens (tertiary/aromatic N) is 1. The maximum Gasteiger partial charge on any atom is 0.0240 e. The number of rotatable bonds is 5. The highest BCUT2D eigenvalue weighted by atomic mass is 15.2. The van der Waals surface area contributed by atoms with Crippen molar-refractivity contribution in [2.75, 3.05) is 0 Å². The summed E-state index contributed by atoms with van der Waals surface area (Å²) in [5.74, 6) is 0.710. The van der Waals surface area contributed by atoms with E-state index in [0.717, 1.165) is 19.5 Å². The van der Waals surface area contributed by atoms with Crippen LogP contribution in [0.25, 0.3) is 0 Å². The summed E-state index contributed by atoms with van der Waals surface area (Å²) in [6.45, 7) is 4.38. The van der Waals surface area contributed by atoms with Crippen LogP contribution in [0.15, 0.2) is 60.7 Å². The van der Waals surface area contributed by atoms with Crippen molar-refractivity contribution in [3.63, 3.8) is 0 Å². The second-order valence-corrected chi connectivity index (χ2v) is 6.99. The molecule has 3 rings (SSSR count). The predicted molar refractivity (Wildman–Crippen MR) is 96.9 cm³/mol. The Balaban J connectivity index is 1.80. The Morgan fingerprint density at radius 1 is 0.870 bits per heavy atom. The van der Waals surface area contributed by atoms with E-state index in [0.29, 0.717) is 18.0 Å². The first-order valence-corrected chi connectivity index (χ1v) is 8.80. The van der Waals surface area contributed by atoms with Gasteiger partial charge < -0.3 is 5.73 Å². The molecule has 0 amide bonds. The number of hydrogen-bond acceptors (Lipinski definition) is 2. The molecule has 1 saturated carbocycles. The van der Waals surface area contributed by atoms with Crippen molar-refractivity contribution in [3.05, 3.63) is 71.8 Å². The zero-order valence-corrected chi connectivity index (χ0v) is 14.1. The molecule has 0 bridgehead atoms. The third kappa shape index (κ3) is 4.43. The first-order chi connectivity index (χ1) is 11.2. The fourth-order valence-corrected chi connectivity index (χ4v) is 3.76. The fourth-order valence-electron chi connectivity index (χ4n) is 3.76. The summed E-state index contributed by atoms with van der Waals surface area (Å²) in [6.07, 6.45) is 3.52. The SMILES string of the molecule is CC1CCC(N)CC1N(Cc1ccccc1)Cc1ccccc1. The minimum Gasteiger partial charge on any atom is -0.328 e. The molecule has 2 N–H and O–H groups in total. The van der Waals surface area contributed by atoms with Crippen LogP contribution < -0.4 is 5.73 Å². The standard InChI is InChI=1S/C21H28N2/c1-17-12-13-20(22)14-21(17)23(15-18-8-4-2-5-9-18)16-19-10-6-3-7-11-19/h2-11,17,20-21H,12-16,22H2,1H3. The summed E-state index contributed by atoms with van der Waals surface area (Å²) in [4.78, 5) is 2.63. The van der Waals surface area contributed by atoms with Gasteiger partial charge in [0.15, 0.2) is 0 Å². The highest BCUT2D eigenvalue weighted by Crippen LogP contribution is 2.30. The number of benzene rings is 2. The molecule has 0 aromatic heterocycles. The average molecular weight is 308 g/mol. The smallest absolute Gasteiger partial charge is 0.0240 e. The molecule has 1 fully saturated rings. The summed E-state index contributed by atoms with van der Waals surface area (Å²) in [7, 11) is 0. The van der Waals surface area contributed by atoms with Crippen molar-refractivity contribution in [1.29, 1.82) is 0 Å². The third-order valence-electron chi connectivity index (χ3n) is 5.12. The number of hydrogen-bond donors (Lipinski definition) is 1. The molecule has 0 aliphatic heterocycles. The molecule has 2 aromatic rings. The molecule has 0 radical (unpaired) electrons. The van der Waals surface area contributed by atoms with Gasteiger partial charge in [0.2, 0.25) is 0 Å². The zero-order chi connectivity index (χ0) is 16.1. The molecule has 1 aliphatic rings. The maximum absolute atomic E-state index is 6.29. The first-order valence-electron chi connectivity index (χ1n) is 8.80. The van der Waals surface area contributed by atoms with Gasteiger partial charge >= 0.3 is 0 Å². The summed E-state index contributed by atoms with van der Waals surface area (Å²) < 4.78 is 0. The van der Waals surface area contributed by atoms with Crippen molar-refractivity contribution < 1.29 is 0 Å². The molecule has 2 nitrogen and oxygen atoms in total. The first kappa shape index (κ1) is 16.2. The third-order valence-corrected chi connectivity index (χ3v) is 5.12. The van der Waals surface area contributed by atoms with E-state index in [4.69, 9.17) is 5.73 Å². The van der Waals surface area contributed by atoms with E-state index in [1.807, 2.05) is 0 Å². The van der Waals surface area contributed by atoms with Crippen LogP contribution in [0, 0.1) is 5.92 Å². The average Bonchev–Trinajstić information content (AvgIpc) is 2.58. The minimum atomic E-state index is 0.352.